The molecule has 1 unspecified atom stereocenters. The number of esters is 1. The third kappa shape index (κ3) is 4.68. The molecule has 20 heavy (non-hydrogen) atoms. The number of ether oxygens (including phenoxy) is 1. The molecular formula is C16H23NO3. The minimum atomic E-state index is -0.262. The van der Waals surface area contributed by atoms with Crippen molar-refractivity contribution in [2.24, 2.45) is 0 Å². The first-order valence-electron chi connectivity index (χ1n) is 7.10. The molecule has 1 rings (SSSR count). The number of hydrogen-bond donors (Lipinski definition) is 0. The average molecular weight is 277 g/mol. The zero-order chi connectivity index (χ0) is 15.0. The van der Waals surface area contributed by atoms with E-state index in [4.69, 9.17) is 4.74 Å². The number of amides is 1. The van der Waals surface area contributed by atoms with E-state index in [-0.39, 0.29) is 24.3 Å². The topological polar surface area (TPSA) is 46.6 Å². The highest BCUT2D eigenvalue weighted by Crippen LogP contribution is 2.21. The Kier molecular flexibility index (Phi) is 6.77. The second-order valence-corrected chi connectivity index (χ2v) is 4.58. The summed E-state index contributed by atoms with van der Waals surface area (Å²) in [5.74, 6) is -0.215. The van der Waals surface area contributed by atoms with Gasteiger partial charge in [-0.15, -0.1) is 0 Å². The smallest absolute Gasteiger partial charge is 0.307 e. The van der Waals surface area contributed by atoms with E-state index in [9.17, 15) is 9.59 Å². The molecule has 0 fully saturated rings. The van der Waals surface area contributed by atoms with Crippen LogP contribution in [-0.2, 0) is 14.3 Å². The van der Waals surface area contributed by atoms with Crippen LogP contribution >= 0.6 is 0 Å². The van der Waals surface area contributed by atoms with Crippen molar-refractivity contribution in [2.75, 3.05) is 13.2 Å². The molecule has 110 valence electrons. The van der Waals surface area contributed by atoms with Gasteiger partial charge in [0.1, 0.15) is 0 Å². The van der Waals surface area contributed by atoms with Crippen LogP contribution in [0.5, 0.6) is 0 Å². The summed E-state index contributed by atoms with van der Waals surface area (Å²) < 4.78 is 4.91. The molecule has 0 aromatic heterocycles. The molecule has 0 radical (unpaired) electrons. The minimum absolute atomic E-state index is 0.0434. The Balaban J connectivity index is 2.74. The number of nitrogens with zero attached hydrogens (tertiary/aromatic N) is 1. The number of carbonyl (C=O) groups excluding carboxylic acids is 2. The summed E-state index contributed by atoms with van der Waals surface area (Å²) >= 11 is 0. The van der Waals surface area contributed by atoms with E-state index < -0.39 is 0 Å². The SMILES string of the molecule is CCOC(=O)CCN(C(=O)CC)C(C)c1ccccc1. The highest BCUT2D eigenvalue weighted by Gasteiger charge is 2.21. The first-order chi connectivity index (χ1) is 9.60. The molecule has 0 saturated heterocycles. The van der Waals surface area contributed by atoms with Crippen LogP contribution in [0.2, 0.25) is 0 Å². The van der Waals surface area contributed by atoms with E-state index in [1.54, 1.807) is 11.8 Å². The lowest BCUT2D eigenvalue weighted by Crippen LogP contribution is -2.35. The number of hydrogen-bond acceptors (Lipinski definition) is 3. The zero-order valence-electron chi connectivity index (χ0n) is 12.5. The molecule has 0 aliphatic rings. The van der Waals surface area contributed by atoms with Crippen LogP contribution in [0.3, 0.4) is 0 Å². The molecule has 0 aliphatic heterocycles. The average Bonchev–Trinajstić information content (AvgIpc) is 2.48. The van der Waals surface area contributed by atoms with Gasteiger partial charge in [-0.2, -0.15) is 0 Å². The van der Waals surface area contributed by atoms with Crippen molar-refractivity contribution in [1.29, 1.82) is 0 Å². The molecule has 1 amide bonds. The van der Waals surface area contributed by atoms with Crippen LogP contribution in [0.15, 0.2) is 30.3 Å². The third-order valence-corrected chi connectivity index (χ3v) is 3.23. The lowest BCUT2D eigenvalue weighted by atomic mass is 10.1. The van der Waals surface area contributed by atoms with Crippen molar-refractivity contribution < 1.29 is 14.3 Å². The van der Waals surface area contributed by atoms with Crippen molar-refractivity contribution in [3.05, 3.63) is 35.9 Å². The largest absolute Gasteiger partial charge is 0.466 e. The van der Waals surface area contributed by atoms with E-state index in [0.717, 1.165) is 5.56 Å². The number of carbonyl (C=O) groups is 2. The molecule has 4 heteroatoms. The van der Waals surface area contributed by atoms with Gasteiger partial charge in [-0.05, 0) is 19.4 Å². The normalized spacial score (nSPS) is 11.8. The van der Waals surface area contributed by atoms with Gasteiger partial charge in [-0.25, -0.2) is 0 Å². The molecule has 4 nitrogen and oxygen atoms in total. The van der Waals surface area contributed by atoms with E-state index >= 15 is 0 Å². The van der Waals surface area contributed by atoms with E-state index in [1.165, 1.54) is 0 Å². The summed E-state index contributed by atoms with van der Waals surface area (Å²) in [6.45, 7) is 6.35. The van der Waals surface area contributed by atoms with Gasteiger partial charge in [0.15, 0.2) is 0 Å². The minimum Gasteiger partial charge on any atom is -0.466 e. The molecule has 0 heterocycles. The molecule has 1 aromatic carbocycles. The Morgan fingerprint density at radius 1 is 1.20 bits per heavy atom. The molecule has 0 bridgehead atoms. The number of benzene rings is 1. The van der Waals surface area contributed by atoms with E-state index in [0.29, 0.717) is 19.6 Å². The standard InChI is InChI=1S/C16H23NO3/c1-4-15(18)17(12-11-16(19)20-5-2)13(3)14-9-7-6-8-10-14/h6-10,13H,4-5,11-12H2,1-3H3. The Bertz CT molecular complexity index is 431. The Labute approximate surface area is 120 Å². The summed E-state index contributed by atoms with van der Waals surface area (Å²) in [4.78, 5) is 25.3. The zero-order valence-corrected chi connectivity index (χ0v) is 12.5. The summed E-state index contributed by atoms with van der Waals surface area (Å²) in [6, 6.07) is 9.78. The van der Waals surface area contributed by atoms with Gasteiger partial charge in [0.25, 0.3) is 0 Å². The lowest BCUT2D eigenvalue weighted by molar-refractivity contribution is -0.144. The van der Waals surface area contributed by atoms with Gasteiger partial charge in [-0.3, -0.25) is 9.59 Å². The molecule has 1 aromatic rings. The van der Waals surface area contributed by atoms with Crippen LogP contribution in [-0.4, -0.2) is 29.9 Å². The van der Waals surface area contributed by atoms with Gasteiger partial charge in [-0.1, -0.05) is 37.3 Å². The first kappa shape index (κ1) is 16.2. The summed E-state index contributed by atoms with van der Waals surface area (Å²) in [7, 11) is 0. The van der Waals surface area contributed by atoms with Gasteiger partial charge < -0.3 is 9.64 Å². The van der Waals surface area contributed by atoms with Gasteiger partial charge in [0, 0.05) is 13.0 Å². The fraction of sp³-hybridized carbons (Fsp3) is 0.500. The van der Waals surface area contributed by atoms with Gasteiger partial charge in [0.05, 0.1) is 19.1 Å². The predicted molar refractivity (Wildman–Crippen MR) is 78.1 cm³/mol. The predicted octanol–water partition coefficient (Wildman–Crippen LogP) is 2.94. The first-order valence-corrected chi connectivity index (χ1v) is 7.10. The lowest BCUT2D eigenvalue weighted by Gasteiger charge is -2.29. The summed E-state index contributed by atoms with van der Waals surface area (Å²) in [5, 5.41) is 0. The van der Waals surface area contributed by atoms with Crippen molar-refractivity contribution in [1.82, 2.24) is 4.90 Å². The molecule has 0 N–H and O–H groups in total. The fourth-order valence-electron chi connectivity index (χ4n) is 2.09. The van der Waals surface area contributed by atoms with E-state index in [2.05, 4.69) is 0 Å². The van der Waals surface area contributed by atoms with Gasteiger partial charge >= 0.3 is 5.97 Å². The quantitative estimate of drug-likeness (QED) is 0.720. The van der Waals surface area contributed by atoms with Crippen LogP contribution < -0.4 is 0 Å². The second-order valence-electron chi connectivity index (χ2n) is 4.58. The van der Waals surface area contributed by atoms with Gasteiger partial charge in [0.2, 0.25) is 5.91 Å². The molecule has 0 aliphatic carbocycles. The van der Waals surface area contributed by atoms with Crippen LogP contribution in [0, 0.1) is 0 Å². The monoisotopic (exact) mass is 277 g/mol. The van der Waals surface area contributed by atoms with Crippen molar-refractivity contribution in [2.45, 2.75) is 39.7 Å². The Hall–Kier alpha value is -1.84. The second kappa shape index (κ2) is 8.35. The van der Waals surface area contributed by atoms with Crippen LogP contribution in [0.25, 0.3) is 0 Å². The highest BCUT2D eigenvalue weighted by molar-refractivity contribution is 5.77. The van der Waals surface area contributed by atoms with Crippen molar-refractivity contribution in [3.63, 3.8) is 0 Å². The van der Waals surface area contributed by atoms with Crippen LogP contribution in [0.4, 0.5) is 0 Å². The summed E-state index contributed by atoms with van der Waals surface area (Å²) in [5.41, 5.74) is 1.07. The van der Waals surface area contributed by atoms with Crippen molar-refractivity contribution >= 4 is 11.9 Å². The van der Waals surface area contributed by atoms with E-state index in [1.807, 2.05) is 44.2 Å². The maximum atomic E-state index is 12.1. The summed E-state index contributed by atoms with van der Waals surface area (Å²) in [6.07, 6.45) is 0.663. The molecular weight excluding hydrogens is 254 g/mol. The maximum absolute atomic E-state index is 12.1. The highest BCUT2D eigenvalue weighted by atomic mass is 16.5. The third-order valence-electron chi connectivity index (χ3n) is 3.23. The molecule has 0 spiro atoms. The Morgan fingerprint density at radius 3 is 2.40 bits per heavy atom. The fourth-order valence-corrected chi connectivity index (χ4v) is 2.09. The molecule has 0 saturated carbocycles. The molecule has 1 atom stereocenters. The Morgan fingerprint density at radius 2 is 1.85 bits per heavy atom. The van der Waals surface area contributed by atoms with Crippen molar-refractivity contribution in [3.8, 4) is 0 Å². The van der Waals surface area contributed by atoms with Crippen LogP contribution in [0.1, 0.15) is 45.2 Å². The maximum Gasteiger partial charge on any atom is 0.307 e. The number of rotatable bonds is 7.